The van der Waals surface area contributed by atoms with E-state index in [0.29, 0.717) is 0 Å². The highest BCUT2D eigenvalue weighted by molar-refractivity contribution is 5.88. The molecule has 1 aliphatic heterocycles. The molecule has 1 aliphatic rings. The van der Waals surface area contributed by atoms with Gasteiger partial charge < -0.3 is 10.1 Å². The van der Waals surface area contributed by atoms with Crippen molar-refractivity contribution in [2.24, 2.45) is 0 Å². The summed E-state index contributed by atoms with van der Waals surface area (Å²) < 4.78 is 5.50. The van der Waals surface area contributed by atoms with Crippen LogP contribution < -0.4 is 5.32 Å². The molecule has 1 N–H and O–H groups in total. The van der Waals surface area contributed by atoms with Crippen molar-refractivity contribution in [2.75, 3.05) is 38.2 Å². The van der Waals surface area contributed by atoms with Gasteiger partial charge in [0.15, 0.2) is 5.82 Å². The van der Waals surface area contributed by atoms with Crippen LogP contribution in [0.2, 0.25) is 0 Å². The van der Waals surface area contributed by atoms with E-state index in [1.54, 1.807) is 12.5 Å². The molecule has 4 aromatic rings. The van der Waals surface area contributed by atoms with Crippen molar-refractivity contribution in [3.05, 3.63) is 65.9 Å². The predicted molar refractivity (Wildman–Crippen MR) is 127 cm³/mol. The number of rotatable bonds is 6. The highest BCUT2D eigenvalue weighted by atomic mass is 16.5. The molecule has 1 unspecified atom stereocenters. The Morgan fingerprint density at radius 3 is 2.84 bits per heavy atom. The molecule has 0 radical (unpaired) electrons. The van der Waals surface area contributed by atoms with Gasteiger partial charge >= 0.3 is 0 Å². The first-order valence-electron chi connectivity index (χ1n) is 11.2. The molecule has 1 aromatic carbocycles. The zero-order valence-electron chi connectivity index (χ0n) is 18.6. The van der Waals surface area contributed by atoms with Gasteiger partial charge in [-0.25, -0.2) is 9.97 Å². The summed E-state index contributed by atoms with van der Waals surface area (Å²) in [5.41, 5.74) is 5.02. The lowest BCUT2D eigenvalue weighted by Crippen LogP contribution is -2.37. The van der Waals surface area contributed by atoms with Crippen LogP contribution in [0.5, 0.6) is 0 Å². The number of pyridine rings is 2. The van der Waals surface area contributed by atoms with Gasteiger partial charge in [0.2, 0.25) is 0 Å². The number of aryl methyl sites for hydroxylation is 1. The van der Waals surface area contributed by atoms with E-state index >= 15 is 0 Å². The highest BCUT2D eigenvalue weighted by Gasteiger charge is 2.17. The Morgan fingerprint density at radius 2 is 1.97 bits per heavy atom. The summed E-state index contributed by atoms with van der Waals surface area (Å²) in [7, 11) is 0. The van der Waals surface area contributed by atoms with Crippen molar-refractivity contribution >= 4 is 27.6 Å². The molecule has 164 valence electrons. The smallest absolute Gasteiger partial charge is 0.156 e. The normalized spacial score (nSPS) is 15.8. The lowest BCUT2D eigenvalue weighted by Gasteiger charge is -2.26. The summed E-state index contributed by atoms with van der Waals surface area (Å²) in [6.07, 6.45) is 4.26. The second-order valence-electron chi connectivity index (χ2n) is 8.33. The zero-order chi connectivity index (χ0) is 21.9. The molecular weight excluding hydrogens is 400 g/mol. The molecule has 1 fully saturated rings. The molecule has 4 heterocycles. The second kappa shape index (κ2) is 9.14. The average molecular weight is 429 g/mol. The van der Waals surface area contributed by atoms with Gasteiger partial charge in [-0.05, 0) is 43.0 Å². The van der Waals surface area contributed by atoms with Crippen LogP contribution in [0.25, 0.3) is 21.8 Å². The quantitative estimate of drug-likeness (QED) is 0.499. The number of nitrogens with one attached hydrogen (secondary N) is 1. The van der Waals surface area contributed by atoms with E-state index in [2.05, 4.69) is 63.3 Å². The van der Waals surface area contributed by atoms with Crippen molar-refractivity contribution in [1.29, 1.82) is 0 Å². The van der Waals surface area contributed by atoms with Crippen LogP contribution in [0.1, 0.15) is 29.9 Å². The Labute approximate surface area is 187 Å². The number of aromatic nitrogens is 4. The third kappa shape index (κ3) is 4.26. The number of hydrogen-bond acceptors (Lipinski definition) is 7. The molecule has 0 amide bonds. The van der Waals surface area contributed by atoms with E-state index < -0.39 is 0 Å². The van der Waals surface area contributed by atoms with E-state index in [0.717, 1.165) is 67.5 Å². The van der Waals surface area contributed by atoms with Crippen molar-refractivity contribution in [3.63, 3.8) is 0 Å². The Hall–Kier alpha value is -3.16. The SMILES string of the molecule is Cc1cccc2cc(C(C)Nc3ncnc4cccnc34)nc(CCN3CCOCC3)c12. The molecule has 3 aromatic heterocycles. The maximum Gasteiger partial charge on any atom is 0.156 e. The van der Waals surface area contributed by atoms with Crippen molar-refractivity contribution in [3.8, 4) is 0 Å². The zero-order valence-corrected chi connectivity index (χ0v) is 18.6. The molecule has 0 aliphatic carbocycles. The van der Waals surface area contributed by atoms with Gasteiger partial charge in [-0.15, -0.1) is 0 Å². The molecule has 7 heteroatoms. The van der Waals surface area contributed by atoms with Gasteiger partial charge in [0, 0.05) is 37.6 Å². The van der Waals surface area contributed by atoms with E-state index in [-0.39, 0.29) is 6.04 Å². The minimum atomic E-state index is -0.0258. The summed E-state index contributed by atoms with van der Waals surface area (Å²) in [5, 5.41) is 6.01. The number of ether oxygens (including phenoxy) is 1. The third-order valence-corrected chi connectivity index (χ3v) is 6.12. The number of morpholine rings is 1. The van der Waals surface area contributed by atoms with E-state index in [1.807, 2.05) is 12.1 Å². The molecule has 7 nitrogen and oxygen atoms in total. The van der Waals surface area contributed by atoms with Gasteiger partial charge in [0.25, 0.3) is 0 Å². The van der Waals surface area contributed by atoms with Crippen LogP contribution in [-0.4, -0.2) is 57.7 Å². The lowest BCUT2D eigenvalue weighted by atomic mass is 10.00. The van der Waals surface area contributed by atoms with E-state index in [4.69, 9.17) is 9.72 Å². The van der Waals surface area contributed by atoms with Crippen LogP contribution in [0.4, 0.5) is 5.82 Å². The Balaban J connectivity index is 1.46. The maximum absolute atomic E-state index is 5.50. The fraction of sp³-hybridized carbons (Fsp3) is 0.360. The molecule has 5 rings (SSSR count). The fourth-order valence-corrected chi connectivity index (χ4v) is 4.38. The van der Waals surface area contributed by atoms with Crippen molar-refractivity contribution in [2.45, 2.75) is 26.3 Å². The molecule has 0 bridgehead atoms. The van der Waals surface area contributed by atoms with Gasteiger partial charge in [-0.2, -0.15) is 0 Å². The fourth-order valence-electron chi connectivity index (χ4n) is 4.38. The second-order valence-corrected chi connectivity index (χ2v) is 8.33. The van der Waals surface area contributed by atoms with Crippen LogP contribution in [0, 0.1) is 6.92 Å². The van der Waals surface area contributed by atoms with Crippen LogP contribution in [-0.2, 0) is 11.2 Å². The minimum absolute atomic E-state index is 0.0258. The molecule has 1 saturated heterocycles. The summed E-state index contributed by atoms with van der Waals surface area (Å²) in [6.45, 7) is 8.88. The Morgan fingerprint density at radius 1 is 1.09 bits per heavy atom. The van der Waals surface area contributed by atoms with E-state index in [1.165, 1.54) is 16.3 Å². The average Bonchev–Trinajstić information content (AvgIpc) is 2.83. The Kier molecular flexibility index (Phi) is 5.92. The van der Waals surface area contributed by atoms with Gasteiger partial charge in [0.1, 0.15) is 11.8 Å². The maximum atomic E-state index is 5.50. The number of fused-ring (bicyclic) bond motifs is 2. The monoisotopic (exact) mass is 428 g/mol. The Bertz CT molecular complexity index is 1230. The lowest BCUT2D eigenvalue weighted by molar-refractivity contribution is 0.0384. The largest absolute Gasteiger partial charge is 0.379 e. The highest BCUT2D eigenvalue weighted by Crippen LogP contribution is 2.27. The van der Waals surface area contributed by atoms with Gasteiger partial charge in [-0.3, -0.25) is 14.9 Å². The van der Waals surface area contributed by atoms with Crippen LogP contribution in [0.3, 0.4) is 0 Å². The first-order valence-corrected chi connectivity index (χ1v) is 11.2. The predicted octanol–water partition coefficient (Wildman–Crippen LogP) is 3.93. The van der Waals surface area contributed by atoms with Gasteiger partial charge in [0.05, 0.1) is 36.2 Å². The van der Waals surface area contributed by atoms with Crippen LogP contribution in [0.15, 0.2) is 48.9 Å². The number of nitrogens with zero attached hydrogens (tertiary/aromatic N) is 5. The van der Waals surface area contributed by atoms with Crippen molar-refractivity contribution < 1.29 is 4.74 Å². The molecule has 0 spiro atoms. The topological polar surface area (TPSA) is 76.1 Å². The van der Waals surface area contributed by atoms with Crippen molar-refractivity contribution in [1.82, 2.24) is 24.8 Å². The molecule has 1 atom stereocenters. The number of anilines is 1. The molecular formula is C25H28N6O. The van der Waals surface area contributed by atoms with Gasteiger partial charge in [-0.1, -0.05) is 18.2 Å². The van der Waals surface area contributed by atoms with E-state index in [9.17, 15) is 0 Å². The molecule has 32 heavy (non-hydrogen) atoms. The summed E-state index contributed by atoms with van der Waals surface area (Å²) in [5.74, 6) is 0.726. The standard InChI is InChI=1S/C25H28N6O/c1-17-5-3-6-19-15-22(30-20(23(17)19)8-10-31-11-13-32-14-12-31)18(2)29-25-24-21(27-16-28-25)7-4-9-26-24/h3-7,9,15-16,18H,8,10-14H2,1-2H3,(H,27,28,29). The number of benzene rings is 1. The van der Waals surface area contributed by atoms with Crippen LogP contribution >= 0.6 is 0 Å². The molecule has 0 saturated carbocycles. The summed E-state index contributed by atoms with van der Waals surface area (Å²) in [4.78, 5) is 20.8. The number of hydrogen-bond donors (Lipinski definition) is 1. The third-order valence-electron chi connectivity index (χ3n) is 6.12. The summed E-state index contributed by atoms with van der Waals surface area (Å²) >= 11 is 0. The summed E-state index contributed by atoms with van der Waals surface area (Å²) in [6, 6.07) is 12.5. The first-order chi connectivity index (χ1) is 15.7. The minimum Gasteiger partial charge on any atom is -0.379 e. The first kappa shape index (κ1) is 20.7.